The zero-order chi connectivity index (χ0) is 8.10. The topological polar surface area (TPSA) is 55.2 Å². The fraction of sp³-hybridized carbons (Fsp3) is 0.333. The van der Waals surface area contributed by atoms with Crippen molar-refractivity contribution in [2.24, 2.45) is 0 Å². The molecule has 0 spiro atoms. The van der Waals surface area contributed by atoms with Crippen LogP contribution in [0.5, 0.6) is 5.88 Å². The van der Waals surface area contributed by atoms with Crippen LogP contribution in [-0.4, -0.2) is 28.3 Å². The Morgan fingerprint density at radius 3 is 3.00 bits per heavy atom. The third-order valence-corrected chi connectivity index (χ3v) is 1.38. The molecule has 0 fully saturated rings. The van der Waals surface area contributed by atoms with Crippen LogP contribution >= 0.6 is 15.9 Å². The van der Waals surface area contributed by atoms with Gasteiger partial charge < -0.3 is 9.84 Å². The van der Waals surface area contributed by atoms with Crippen molar-refractivity contribution in [3.05, 3.63) is 17.0 Å². The van der Waals surface area contributed by atoms with E-state index in [-0.39, 0.29) is 13.2 Å². The van der Waals surface area contributed by atoms with Gasteiger partial charge in [0.05, 0.1) is 6.61 Å². The SMILES string of the molecule is OCCOc1cc(Br)ncn1. The Morgan fingerprint density at radius 2 is 2.36 bits per heavy atom. The van der Waals surface area contributed by atoms with Crippen molar-refractivity contribution in [3.8, 4) is 5.88 Å². The Labute approximate surface area is 72.4 Å². The molecular formula is C6H7BrN2O2. The summed E-state index contributed by atoms with van der Waals surface area (Å²) in [5.41, 5.74) is 0. The van der Waals surface area contributed by atoms with E-state index in [0.29, 0.717) is 10.5 Å². The fourth-order valence-electron chi connectivity index (χ4n) is 0.546. The summed E-state index contributed by atoms with van der Waals surface area (Å²) < 4.78 is 5.67. The maximum atomic E-state index is 8.42. The highest BCUT2D eigenvalue weighted by Gasteiger charge is 1.94. The van der Waals surface area contributed by atoms with Crippen molar-refractivity contribution in [1.29, 1.82) is 0 Å². The highest BCUT2D eigenvalue weighted by Crippen LogP contribution is 2.10. The molecule has 0 unspecified atom stereocenters. The predicted octanol–water partition coefficient (Wildman–Crippen LogP) is 0.610. The normalized spacial score (nSPS) is 9.64. The minimum absolute atomic E-state index is 0.0123. The molecule has 1 rings (SSSR count). The maximum absolute atomic E-state index is 8.42. The van der Waals surface area contributed by atoms with Gasteiger partial charge in [0.2, 0.25) is 5.88 Å². The van der Waals surface area contributed by atoms with Crippen LogP contribution < -0.4 is 4.74 Å². The fourth-order valence-corrected chi connectivity index (χ4v) is 0.834. The minimum Gasteiger partial charge on any atom is -0.475 e. The van der Waals surface area contributed by atoms with E-state index in [1.54, 1.807) is 6.07 Å². The molecule has 1 aromatic rings. The number of nitrogens with zero attached hydrogens (tertiary/aromatic N) is 2. The molecular weight excluding hydrogens is 212 g/mol. The van der Waals surface area contributed by atoms with Crippen molar-refractivity contribution in [2.45, 2.75) is 0 Å². The molecule has 0 amide bonds. The number of aliphatic hydroxyl groups excluding tert-OH is 1. The summed E-state index contributed by atoms with van der Waals surface area (Å²) in [6.07, 6.45) is 1.39. The number of hydrogen-bond donors (Lipinski definition) is 1. The zero-order valence-electron chi connectivity index (χ0n) is 5.70. The van der Waals surface area contributed by atoms with Gasteiger partial charge in [-0.3, -0.25) is 0 Å². The Hall–Kier alpha value is -0.680. The summed E-state index contributed by atoms with van der Waals surface area (Å²) in [4.78, 5) is 7.61. The highest BCUT2D eigenvalue weighted by molar-refractivity contribution is 9.10. The Kier molecular flexibility index (Phi) is 3.25. The first kappa shape index (κ1) is 8.42. The van der Waals surface area contributed by atoms with Crippen molar-refractivity contribution in [3.63, 3.8) is 0 Å². The Morgan fingerprint density at radius 1 is 1.55 bits per heavy atom. The molecule has 0 aliphatic carbocycles. The van der Waals surface area contributed by atoms with Crippen molar-refractivity contribution < 1.29 is 9.84 Å². The predicted molar refractivity (Wildman–Crippen MR) is 42.3 cm³/mol. The number of aromatic nitrogens is 2. The maximum Gasteiger partial charge on any atom is 0.217 e. The van der Waals surface area contributed by atoms with Crippen LogP contribution in [0.15, 0.2) is 17.0 Å². The molecule has 4 nitrogen and oxygen atoms in total. The van der Waals surface area contributed by atoms with E-state index in [0.717, 1.165) is 0 Å². The van der Waals surface area contributed by atoms with Crippen LogP contribution in [0.1, 0.15) is 0 Å². The van der Waals surface area contributed by atoms with Crippen LogP contribution in [0.2, 0.25) is 0 Å². The molecule has 0 saturated carbocycles. The van der Waals surface area contributed by atoms with Crippen molar-refractivity contribution in [2.75, 3.05) is 13.2 Å². The zero-order valence-corrected chi connectivity index (χ0v) is 7.28. The molecule has 1 aromatic heterocycles. The molecule has 0 radical (unpaired) electrons. The third-order valence-electron chi connectivity index (χ3n) is 0.950. The molecule has 60 valence electrons. The van der Waals surface area contributed by atoms with E-state index in [9.17, 15) is 0 Å². The lowest BCUT2D eigenvalue weighted by Gasteiger charge is -2.00. The Balaban J connectivity index is 2.56. The average molecular weight is 219 g/mol. The number of aliphatic hydroxyl groups is 1. The van der Waals surface area contributed by atoms with E-state index in [2.05, 4.69) is 25.9 Å². The smallest absolute Gasteiger partial charge is 0.217 e. The lowest BCUT2D eigenvalue weighted by Crippen LogP contribution is -2.02. The van der Waals surface area contributed by atoms with Crippen LogP contribution in [0.4, 0.5) is 0 Å². The van der Waals surface area contributed by atoms with E-state index in [1.807, 2.05) is 0 Å². The quantitative estimate of drug-likeness (QED) is 0.756. The summed E-state index contributed by atoms with van der Waals surface area (Å²) in [6, 6.07) is 1.63. The highest BCUT2D eigenvalue weighted by atomic mass is 79.9. The van der Waals surface area contributed by atoms with Gasteiger partial charge in [0.1, 0.15) is 17.5 Å². The van der Waals surface area contributed by atoms with Crippen LogP contribution in [0.3, 0.4) is 0 Å². The van der Waals surface area contributed by atoms with E-state index >= 15 is 0 Å². The largest absolute Gasteiger partial charge is 0.475 e. The van der Waals surface area contributed by atoms with Gasteiger partial charge in [0.25, 0.3) is 0 Å². The molecule has 1 heterocycles. The monoisotopic (exact) mass is 218 g/mol. The van der Waals surface area contributed by atoms with Gasteiger partial charge in [-0.1, -0.05) is 0 Å². The number of hydrogen-bond acceptors (Lipinski definition) is 4. The number of halogens is 1. The molecule has 0 saturated heterocycles. The van der Waals surface area contributed by atoms with Gasteiger partial charge in [-0.2, -0.15) is 0 Å². The number of ether oxygens (including phenoxy) is 1. The molecule has 0 atom stereocenters. The lowest BCUT2D eigenvalue weighted by atomic mass is 10.6. The second-order valence-electron chi connectivity index (χ2n) is 1.75. The van der Waals surface area contributed by atoms with Crippen LogP contribution in [-0.2, 0) is 0 Å². The lowest BCUT2D eigenvalue weighted by molar-refractivity contribution is 0.196. The first-order chi connectivity index (χ1) is 5.33. The molecule has 0 bridgehead atoms. The summed E-state index contributed by atoms with van der Waals surface area (Å²) in [7, 11) is 0. The second-order valence-corrected chi connectivity index (χ2v) is 2.56. The van der Waals surface area contributed by atoms with Crippen molar-refractivity contribution >= 4 is 15.9 Å². The summed E-state index contributed by atoms with van der Waals surface area (Å²) >= 11 is 3.16. The van der Waals surface area contributed by atoms with Gasteiger partial charge in [-0.15, -0.1) is 0 Å². The van der Waals surface area contributed by atoms with Crippen LogP contribution in [0.25, 0.3) is 0 Å². The molecule has 1 N–H and O–H groups in total. The first-order valence-corrected chi connectivity index (χ1v) is 3.83. The second kappa shape index (κ2) is 4.25. The van der Waals surface area contributed by atoms with Gasteiger partial charge in [0.15, 0.2) is 0 Å². The average Bonchev–Trinajstić information content (AvgIpc) is 2.01. The van der Waals surface area contributed by atoms with E-state index < -0.39 is 0 Å². The molecule has 0 aromatic carbocycles. The Bertz CT molecular complexity index is 232. The van der Waals surface area contributed by atoms with E-state index in [1.165, 1.54) is 6.33 Å². The van der Waals surface area contributed by atoms with Gasteiger partial charge in [-0.25, -0.2) is 9.97 Å². The summed E-state index contributed by atoms with van der Waals surface area (Å²) in [5.74, 6) is 0.459. The minimum atomic E-state index is -0.0123. The molecule has 5 heteroatoms. The molecule has 0 aliphatic heterocycles. The van der Waals surface area contributed by atoms with Gasteiger partial charge in [-0.05, 0) is 15.9 Å². The number of rotatable bonds is 3. The molecule has 0 aliphatic rings. The van der Waals surface area contributed by atoms with Gasteiger partial charge >= 0.3 is 0 Å². The standard InChI is InChI=1S/C6H7BrN2O2/c7-5-3-6(9-4-8-5)11-2-1-10/h3-4,10H,1-2H2. The van der Waals surface area contributed by atoms with Gasteiger partial charge in [0, 0.05) is 6.07 Å². The van der Waals surface area contributed by atoms with Crippen molar-refractivity contribution in [1.82, 2.24) is 9.97 Å². The first-order valence-electron chi connectivity index (χ1n) is 3.04. The third kappa shape index (κ3) is 2.81. The molecule has 11 heavy (non-hydrogen) atoms. The summed E-state index contributed by atoms with van der Waals surface area (Å²) in [6.45, 7) is 0.241. The summed E-state index contributed by atoms with van der Waals surface area (Å²) in [5, 5.41) is 8.42. The van der Waals surface area contributed by atoms with E-state index in [4.69, 9.17) is 9.84 Å². The van der Waals surface area contributed by atoms with Crippen LogP contribution in [0, 0.1) is 0 Å².